The van der Waals surface area contributed by atoms with E-state index in [-0.39, 0.29) is 23.1 Å². The van der Waals surface area contributed by atoms with Crippen molar-refractivity contribution < 1.29 is 22.7 Å². The molecule has 0 saturated heterocycles. The van der Waals surface area contributed by atoms with Crippen molar-refractivity contribution in [1.82, 2.24) is 19.6 Å². The zero-order valence-corrected chi connectivity index (χ0v) is 28.1. The first-order valence-corrected chi connectivity index (χ1v) is 17.7. The van der Waals surface area contributed by atoms with E-state index in [4.69, 9.17) is 9.72 Å². The van der Waals surface area contributed by atoms with Gasteiger partial charge in [-0.25, -0.2) is 22.9 Å². The van der Waals surface area contributed by atoms with E-state index in [0.29, 0.717) is 18.7 Å². The molecule has 0 radical (unpaired) electrons. The Hall–Kier alpha value is -5.16. The number of amides is 2. The zero-order valence-electron chi connectivity index (χ0n) is 27.2. The van der Waals surface area contributed by atoms with Crippen LogP contribution in [0.1, 0.15) is 50.9 Å². The number of nitrogens with one attached hydrogen (secondary N) is 3. The molecule has 250 valence electrons. The fourth-order valence-electron chi connectivity index (χ4n) is 5.29. The molecule has 3 N–H and O–H groups in total. The fraction of sp³-hybridized carbons (Fsp3) is 0.270. The monoisotopic (exact) mass is 667 g/mol. The molecule has 48 heavy (non-hydrogen) atoms. The molecule has 2 amide bonds. The molecular formula is C37H41N5O5S. The molecule has 0 spiro atoms. The smallest absolute Gasteiger partial charge is 0.409 e. The van der Waals surface area contributed by atoms with E-state index in [0.717, 1.165) is 65.8 Å². The van der Waals surface area contributed by atoms with Crippen molar-refractivity contribution in [2.75, 3.05) is 18.4 Å². The van der Waals surface area contributed by atoms with E-state index < -0.39 is 16.1 Å². The van der Waals surface area contributed by atoms with Gasteiger partial charge in [0.2, 0.25) is 5.91 Å². The molecule has 0 bridgehead atoms. The number of nitrogens with zero attached hydrogens (tertiary/aromatic N) is 2. The van der Waals surface area contributed by atoms with Crippen LogP contribution in [-0.4, -0.2) is 43.1 Å². The average molecular weight is 668 g/mol. The predicted molar refractivity (Wildman–Crippen MR) is 189 cm³/mol. The predicted octanol–water partition coefficient (Wildman–Crippen LogP) is 6.90. The van der Waals surface area contributed by atoms with Gasteiger partial charge >= 0.3 is 6.09 Å². The molecular weight excluding hydrogens is 627 g/mol. The van der Waals surface area contributed by atoms with E-state index in [1.165, 1.54) is 12.1 Å². The van der Waals surface area contributed by atoms with Gasteiger partial charge in [0.25, 0.3) is 10.0 Å². The number of sulfonamides is 1. The molecule has 0 aliphatic heterocycles. The number of benzene rings is 4. The maximum atomic E-state index is 12.6. The average Bonchev–Trinajstić information content (AvgIpc) is 3.43. The van der Waals surface area contributed by atoms with E-state index in [1.807, 2.05) is 59.3 Å². The first kappa shape index (κ1) is 34.2. The van der Waals surface area contributed by atoms with Crippen molar-refractivity contribution >= 4 is 38.7 Å². The highest BCUT2D eigenvalue weighted by Gasteiger charge is 2.20. The number of rotatable bonds is 15. The van der Waals surface area contributed by atoms with Crippen LogP contribution in [0.5, 0.6) is 5.75 Å². The van der Waals surface area contributed by atoms with Gasteiger partial charge in [-0.15, -0.1) is 0 Å². The second kappa shape index (κ2) is 16.1. The van der Waals surface area contributed by atoms with Crippen LogP contribution < -0.4 is 20.1 Å². The summed E-state index contributed by atoms with van der Waals surface area (Å²) in [5.41, 5.74) is 5.23. The Morgan fingerprint density at radius 3 is 2.33 bits per heavy atom. The Balaban J connectivity index is 1.32. The third-order valence-electron chi connectivity index (χ3n) is 7.85. The van der Waals surface area contributed by atoms with Crippen LogP contribution in [0.4, 0.5) is 10.5 Å². The number of aromatic nitrogens is 2. The van der Waals surface area contributed by atoms with Crippen LogP contribution in [0.2, 0.25) is 0 Å². The minimum absolute atomic E-state index is 0.0351. The SMILES string of the molecule is CCCCNC(=O)CNc1ccc2nc(CCCC)n(Cc3ccc(-c4ccccc4OC(=O)NS(=O)(=O)c4ccccc4)cc3)c2c1. The number of unbranched alkanes of at least 4 members (excludes halogenated alkanes) is 2. The lowest BCUT2D eigenvalue weighted by Crippen LogP contribution is -2.33. The van der Waals surface area contributed by atoms with Gasteiger partial charge in [-0.05, 0) is 60.4 Å². The number of carbonyl (C=O) groups excluding carboxylic acids is 2. The topological polar surface area (TPSA) is 131 Å². The highest BCUT2D eigenvalue weighted by Crippen LogP contribution is 2.31. The Labute approximate surface area is 281 Å². The molecule has 0 fully saturated rings. The lowest BCUT2D eigenvalue weighted by molar-refractivity contribution is -0.119. The number of ether oxygens (including phenoxy) is 1. The fourth-order valence-corrected chi connectivity index (χ4v) is 6.18. The number of hydrogen-bond acceptors (Lipinski definition) is 7. The van der Waals surface area contributed by atoms with Gasteiger partial charge in [0, 0.05) is 30.8 Å². The van der Waals surface area contributed by atoms with Crippen molar-refractivity contribution in [3.63, 3.8) is 0 Å². The number of fused-ring (bicyclic) bond motifs is 1. The van der Waals surface area contributed by atoms with Gasteiger partial charge in [0.15, 0.2) is 0 Å². The van der Waals surface area contributed by atoms with E-state index in [2.05, 4.69) is 29.0 Å². The number of anilines is 1. The summed E-state index contributed by atoms with van der Waals surface area (Å²) in [6.45, 7) is 5.72. The van der Waals surface area contributed by atoms with Crippen molar-refractivity contribution in [1.29, 1.82) is 0 Å². The third-order valence-corrected chi connectivity index (χ3v) is 9.18. The number of hydrogen-bond donors (Lipinski definition) is 3. The van der Waals surface area contributed by atoms with Gasteiger partial charge in [-0.3, -0.25) is 4.79 Å². The van der Waals surface area contributed by atoms with Gasteiger partial charge in [-0.2, -0.15) is 0 Å². The quantitative estimate of drug-likeness (QED) is 0.104. The molecule has 4 aromatic carbocycles. The molecule has 11 heteroatoms. The Bertz CT molecular complexity index is 1960. The lowest BCUT2D eigenvalue weighted by atomic mass is 10.0. The molecule has 0 unspecified atom stereocenters. The lowest BCUT2D eigenvalue weighted by Gasteiger charge is -2.13. The van der Waals surface area contributed by atoms with Gasteiger partial charge < -0.3 is 19.9 Å². The molecule has 5 rings (SSSR count). The minimum Gasteiger partial charge on any atom is -0.409 e. The highest BCUT2D eigenvalue weighted by molar-refractivity contribution is 7.90. The van der Waals surface area contributed by atoms with Crippen LogP contribution in [0.25, 0.3) is 22.2 Å². The Kier molecular flexibility index (Phi) is 11.5. The Morgan fingerprint density at radius 2 is 1.58 bits per heavy atom. The van der Waals surface area contributed by atoms with E-state index in [9.17, 15) is 18.0 Å². The molecule has 0 atom stereocenters. The number of carbonyl (C=O) groups is 2. The van der Waals surface area contributed by atoms with Crippen molar-refractivity contribution in [3.05, 3.63) is 108 Å². The van der Waals surface area contributed by atoms with Gasteiger partial charge in [0.05, 0.1) is 22.5 Å². The highest BCUT2D eigenvalue weighted by atomic mass is 32.2. The minimum atomic E-state index is -4.08. The number of imidazole rings is 1. The summed E-state index contributed by atoms with van der Waals surface area (Å²) in [7, 11) is -4.08. The number of para-hydroxylation sites is 1. The van der Waals surface area contributed by atoms with E-state index in [1.54, 1.807) is 30.3 Å². The molecule has 0 aliphatic rings. The molecule has 1 aromatic heterocycles. The Morgan fingerprint density at radius 1 is 0.854 bits per heavy atom. The molecule has 10 nitrogen and oxygen atoms in total. The molecule has 5 aromatic rings. The molecule has 0 aliphatic carbocycles. The van der Waals surface area contributed by atoms with Crippen molar-refractivity contribution in [3.8, 4) is 16.9 Å². The molecule has 0 saturated carbocycles. The van der Waals surface area contributed by atoms with Crippen molar-refractivity contribution in [2.45, 2.75) is 57.4 Å². The first-order chi connectivity index (χ1) is 23.3. The summed E-state index contributed by atoms with van der Waals surface area (Å²) in [6.07, 6.45) is 3.80. The first-order valence-electron chi connectivity index (χ1n) is 16.2. The number of aryl methyl sites for hydroxylation is 1. The second-order valence-electron chi connectivity index (χ2n) is 11.5. The summed E-state index contributed by atoms with van der Waals surface area (Å²) in [4.78, 5) is 29.8. The summed E-state index contributed by atoms with van der Waals surface area (Å²) in [6, 6.07) is 28.5. The van der Waals surface area contributed by atoms with Gasteiger partial charge in [-0.1, -0.05) is 87.4 Å². The third kappa shape index (κ3) is 8.80. The summed E-state index contributed by atoms with van der Waals surface area (Å²) in [5, 5.41) is 6.18. The van der Waals surface area contributed by atoms with Crippen LogP contribution in [0.15, 0.2) is 102 Å². The van der Waals surface area contributed by atoms with Crippen LogP contribution in [0, 0.1) is 0 Å². The zero-order chi connectivity index (χ0) is 33.9. The second-order valence-corrected chi connectivity index (χ2v) is 13.2. The summed E-state index contributed by atoms with van der Waals surface area (Å²) in [5.74, 6) is 1.19. The standard InChI is InChI=1S/C37H41N5O5S/c1-3-5-16-35-40-32-22-21-29(39-25-36(43)38-23-6-4-2)24-33(32)42(35)26-27-17-19-28(20-18-27)31-14-10-11-15-34(31)47-37(44)41-48(45,46)30-12-8-7-9-13-30/h7-15,17-22,24,39H,3-6,16,23,25-26H2,1-2H3,(H,38,43)(H,41,44). The summed E-state index contributed by atoms with van der Waals surface area (Å²) >= 11 is 0. The van der Waals surface area contributed by atoms with Crippen LogP contribution in [0.3, 0.4) is 0 Å². The maximum absolute atomic E-state index is 12.6. The van der Waals surface area contributed by atoms with Crippen molar-refractivity contribution in [2.24, 2.45) is 0 Å². The van der Waals surface area contributed by atoms with E-state index >= 15 is 0 Å². The normalized spacial score (nSPS) is 11.3. The van der Waals surface area contributed by atoms with Crippen LogP contribution >= 0.6 is 0 Å². The maximum Gasteiger partial charge on any atom is 0.426 e. The summed E-state index contributed by atoms with van der Waals surface area (Å²) < 4.78 is 34.9. The van der Waals surface area contributed by atoms with Gasteiger partial charge in [0.1, 0.15) is 11.6 Å². The molecule has 1 heterocycles. The largest absolute Gasteiger partial charge is 0.426 e. The van der Waals surface area contributed by atoms with Crippen LogP contribution in [-0.2, 0) is 27.8 Å².